The topological polar surface area (TPSA) is 104 Å². The van der Waals surface area contributed by atoms with Gasteiger partial charge in [-0.25, -0.2) is 9.18 Å². The van der Waals surface area contributed by atoms with E-state index in [1.165, 1.54) is 32.1 Å². The molecule has 0 aliphatic carbocycles. The Morgan fingerprint density at radius 1 is 1.19 bits per heavy atom. The number of carbonyl (C=O) groups excluding carboxylic acids is 2. The molecule has 1 aliphatic rings. The number of hydrogen-bond donors (Lipinski definition) is 3. The first-order valence-corrected chi connectivity index (χ1v) is 8.60. The summed E-state index contributed by atoms with van der Waals surface area (Å²) in [6, 6.07) is 3.07. The fourth-order valence-electron chi connectivity index (χ4n) is 2.71. The number of Topliss-reactive ketones (excluding diaryl/α,β-unsaturated/α-hetero) is 1. The Morgan fingerprint density at radius 2 is 1.85 bits per heavy atom. The van der Waals surface area contributed by atoms with Crippen molar-refractivity contribution in [3.8, 4) is 5.75 Å². The molecule has 146 valence electrons. The number of halogens is 1. The van der Waals surface area contributed by atoms with E-state index in [2.05, 4.69) is 0 Å². The number of ketones is 1. The highest BCUT2D eigenvalue weighted by molar-refractivity contribution is 5.98. The quantitative estimate of drug-likeness (QED) is 0.599. The Bertz CT molecular complexity index is 798. The molecular formula is C20H23FO6. The van der Waals surface area contributed by atoms with Crippen molar-refractivity contribution >= 4 is 17.8 Å². The molecule has 0 amide bonds. The van der Waals surface area contributed by atoms with Gasteiger partial charge in [-0.15, -0.1) is 0 Å². The van der Waals surface area contributed by atoms with Gasteiger partial charge in [-0.1, -0.05) is 25.1 Å². The molecule has 4 atom stereocenters. The van der Waals surface area contributed by atoms with Crippen LogP contribution in [0.15, 0.2) is 30.1 Å². The Kier molecular flexibility index (Phi) is 6.51. The van der Waals surface area contributed by atoms with Crippen molar-refractivity contribution in [2.75, 3.05) is 0 Å². The molecule has 0 aromatic heterocycles. The maximum absolute atomic E-state index is 14.1. The van der Waals surface area contributed by atoms with E-state index in [-0.39, 0.29) is 17.7 Å². The number of ether oxygens (including phenoxy) is 1. The molecule has 2 rings (SSSR count). The summed E-state index contributed by atoms with van der Waals surface area (Å²) < 4.78 is 19.4. The summed E-state index contributed by atoms with van der Waals surface area (Å²) in [5, 5.41) is 30.0. The van der Waals surface area contributed by atoms with Gasteiger partial charge < -0.3 is 20.1 Å². The molecule has 3 N–H and O–H groups in total. The van der Waals surface area contributed by atoms with Crippen LogP contribution in [0.2, 0.25) is 0 Å². The van der Waals surface area contributed by atoms with E-state index < -0.39 is 41.8 Å². The average molecular weight is 378 g/mol. The van der Waals surface area contributed by atoms with Gasteiger partial charge in [0.25, 0.3) is 0 Å². The predicted molar refractivity (Wildman–Crippen MR) is 96.7 cm³/mol. The zero-order valence-corrected chi connectivity index (χ0v) is 15.3. The number of aliphatic hydroxyl groups is 2. The summed E-state index contributed by atoms with van der Waals surface area (Å²) in [5.74, 6) is -4.17. The van der Waals surface area contributed by atoms with Crippen LogP contribution in [0, 0.1) is 12.8 Å². The van der Waals surface area contributed by atoms with Crippen molar-refractivity contribution in [1.82, 2.24) is 0 Å². The largest absolute Gasteiger partial charge is 0.507 e. The lowest BCUT2D eigenvalue weighted by molar-refractivity contribution is -0.130. The van der Waals surface area contributed by atoms with Crippen molar-refractivity contribution in [2.45, 2.75) is 45.5 Å². The van der Waals surface area contributed by atoms with Gasteiger partial charge >= 0.3 is 5.97 Å². The summed E-state index contributed by atoms with van der Waals surface area (Å²) >= 11 is 0. The lowest BCUT2D eigenvalue weighted by Gasteiger charge is -2.20. The summed E-state index contributed by atoms with van der Waals surface area (Å²) in [4.78, 5) is 24.5. The first-order valence-electron chi connectivity index (χ1n) is 8.60. The fraction of sp³-hybridized carbons (Fsp3) is 0.400. The minimum absolute atomic E-state index is 0.0523. The molecule has 1 aromatic rings. The molecular weight excluding hydrogens is 355 g/mol. The molecule has 6 nitrogen and oxygen atoms in total. The first-order chi connectivity index (χ1) is 12.6. The summed E-state index contributed by atoms with van der Waals surface area (Å²) in [5.41, 5.74) is 1.01. The van der Waals surface area contributed by atoms with E-state index in [1.54, 1.807) is 13.0 Å². The monoisotopic (exact) mass is 378 g/mol. The second kappa shape index (κ2) is 8.45. The summed E-state index contributed by atoms with van der Waals surface area (Å²) in [6.07, 6.45) is -0.565. The molecule has 0 fully saturated rings. The fourth-order valence-corrected chi connectivity index (χ4v) is 2.71. The second-order valence-corrected chi connectivity index (χ2v) is 6.75. The van der Waals surface area contributed by atoms with Crippen LogP contribution in [0.4, 0.5) is 4.39 Å². The van der Waals surface area contributed by atoms with Crippen LogP contribution in [0.5, 0.6) is 5.75 Å². The Balaban J connectivity index is 2.52. The van der Waals surface area contributed by atoms with Gasteiger partial charge in [-0.3, -0.25) is 4.79 Å². The molecule has 1 heterocycles. The molecule has 1 aliphatic heterocycles. The standard InChI is InChI=1S/C20H23FO6/c1-10-7-13-5-4-6-15(22)19(25)18(24)14(21)9-11(2)12(3)27-20(26)17(13)16(23)8-10/h4-5,7-9,11-12,15,19,22-23,25H,6H2,1-3H3/b5-4+,14-9+/t11-,12+,15+,19?/m1/s1. The molecule has 0 radical (unpaired) electrons. The Morgan fingerprint density at radius 3 is 2.52 bits per heavy atom. The van der Waals surface area contributed by atoms with Crippen LogP contribution in [-0.4, -0.2) is 45.4 Å². The number of rotatable bonds is 0. The van der Waals surface area contributed by atoms with Crippen LogP contribution in [-0.2, 0) is 9.53 Å². The van der Waals surface area contributed by atoms with Gasteiger partial charge in [-0.2, -0.15) is 0 Å². The van der Waals surface area contributed by atoms with Gasteiger partial charge in [-0.05, 0) is 43.5 Å². The molecule has 0 bridgehead atoms. The number of esters is 1. The van der Waals surface area contributed by atoms with Crippen molar-refractivity contribution in [3.05, 3.63) is 46.8 Å². The normalized spacial score (nSPS) is 30.5. The number of aromatic hydroxyl groups is 1. The number of fused-ring (bicyclic) bond motifs is 1. The number of hydrogen-bond acceptors (Lipinski definition) is 6. The average Bonchev–Trinajstić information content (AvgIpc) is 2.58. The third-order valence-corrected chi connectivity index (χ3v) is 4.48. The minimum atomic E-state index is -1.91. The zero-order chi connectivity index (χ0) is 20.3. The highest BCUT2D eigenvalue weighted by Gasteiger charge is 2.29. The number of carbonyl (C=O) groups is 2. The zero-order valence-electron chi connectivity index (χ0n) is 15.3. The smallest absolute Gasteiger partial charge is 0.342 e. The van der Waals surface area contributed by atoms with Crippen LogP contribution < -0.4 is 0 Å². The number of cyclic esters (lactones) is 1. The molecule has 7 heteroatoms. The molecule has 0 spiro atoms. The van der Waals surface area contributed by atoms with Crippen LogP contribution in [0.3, 0.4) is 0 Å². The Labute approximate surface area is 156 Å². The van der Waals surface area contributed by atoms with Gasteiger partial charge in [0.1, 0.15) is 23.5 Å². The maximum atomic E-state index is 14.1. The number of phenols is 1. The highest BCUT2D eigenvalue weighted by Crippen LogP contribution is 2.27. The van der Waals surface area contributed by atoms with Gasteiger partial charge in [0.2, 0.25) is 5.78 Å². The molecule has 1 aromatic carbocycles. The van der Waals surface area contributed by atoms with E-state index in [1.807, 2.05) is 0 Å². The van der Waals surface area contributed by atoms with Crippen LogP contribution >= 0.6 is 0 Å². The van der Waals surface area contributed by atoms with Crippen LogP contribution in [0.25, 0.3) is 6.08 Å². The van der Waals surface area contributed by atoms with E-state index in [9.17, 15) is 29.3 Å². The molecule has 0 saturated heterocycles. The number of benzene rings is 1. The third kappa shape index (κ3) is 4.81. The maximum Gasteiger partial charge on any atom is 0.342 e. The summed E-state index contributed by atoms with van der Waals surface area (Å²) in [6.45, 7) is 4.80. The van der Waals surface area contributed by atoms with Gasteiger partial charge in [0, 0.05) is 5.92 Å². The molecule has 27 heavy (non-hydrogen) atoms. The van der Waals surface area contributed by atoms with Crippen LogP contribution in [0.1, 0.15) is 41.8 Å². The minimum Gasteiger partial charge on any atom is -0.507 e. The predicted octanol–water partition coefficient (Wildman–Crippen LogP) is 2.44. The number of phenolic OH excluding ortho intramolecular Hbond substituents is 1. The number of aliphatic hydroxyl groups excluding tert-OH is 2. The van der Waals surface area contributed by atoms with E-state index in [4.69, 9.17) is 4.74 Å². The summed E-state index contributed by atoms with van der Waals surface area (Å²) in [7, 11) is 0. The van der Waals surface area contributed by atoms with E-state index in [0.717, 1.165) is 6.08 Å². The van der Waals surface area contributed by atoms with Crippen molar-refractivity contribution < 1.29 is 34.0 Å². The van der Waals surface area contributed by atoms with Crippen molar-refractivity contribution in [3.63, 3.8) is 0 Å². The van der Waals surface area contributed by atoms with Crippen molar-refractivity contribution in [2.24, 2.45) is 5.92 Å². The van der Waals surface area contributed by atoms with Gasteiger partial charge in [0.15, 0.2) is 5.83 Å². The van der Waals surface area contributed by atoms with E-state index >= 15 is 0 Å². The molecule has 0 saturated carbocycles. The number of aryl methyl sites for hydroxylation is 1. The molecule has 1 unspecified atom stereocenters. The van der Waals surface area contributed by atoms with Crippen molar-refractivity contribution in [1.29, 1.82) is 0 Å². The lowest BCUT2D eigenvalue weighted by atomic mass is 9.98. The SMILES string of the molecule is Cc1cc(O)c2c(c1)/C=C/C[C@H](O)C(O)C(=O)/C(F)=C\[C@@H](C)[C@H](C)OC2=O. The highest BCUT2D eigenvalue weighted by atomic mass is 19.1. The lowest BCUT2D eigenvalue weighted by Crippen LogP contribution is -2.34. The third-order valence-electron chi connectivity index (χ3n) is 4.48. The second-order valence-electron chi connectivity index (χ2n) is 6.75. The first kappa shape index (κ1) is 20.8. The van der Waals surface area contributed by atoms with E-state index in [0.29, 0.717) is 11.1 Å². The Hall–Kier alpha value is -2.51. The van der Waals surface area contributed by atoms with Gasteiger partial charge in [0.05, 0.1) is 6.10 Å².